The number of nitrogens with one attached hydrogen (secondary N) is 2. The van der Waals surface area contributed by atoms with E-state index >= 15 is 0 Å². The molecule has 1 saturated carbocycles. The molecule has 0 aromatic carbocycles. The molecule has 7 heteroatoms. The van der Waals surface area contributed by atoms with Crippen molar-refractivity contribution < 1.29 is 14.4 Å². The minimum Gasteiger partial charge on any atom is -0.396 e. The van der Waals surface area contributed by atoms with Crippen molar-refractivity contribution >= 4 is 5.91 Å². The molecule has 1 saturated heterocycles. The Labute approximate surface area is 123 Å². The number of hydrogen-bond acceptors (Lipinski definition) is 6. The Morgan fingerprint density at radius 1 is 1.43 bits per heavy atom. The minimum atomic E-state index is -0.331. The van der Waals surface area contributed by atoms with Crippen molar-refractivity contribution in [1.29, 1.82) is 0 Å². The third-order valence-corrected chi connectivity index (χ3v) is 4.63. The monoisotopic (exact) mass is 294 g/mol. The number of hydrogen-bond donors (Lipinski definition) is 3. The highest BCUT2D eigenvalue weighted by molar-refractivity contribution is 5.90. The lowest BCUT2D eigenvalue weighted by atomic mass is 9.87. The molecule has 116 valence electrons. The standard InChI is InChI=1S/C14H22N4O3/c19-9-14(5-1-2-6-14)8-16-12(20)11-17-13(21-18-11)10-4-3-7-15-10/h10,15,19H,1-9H2,(H,16,20). The van der Waals surface area contributed by atoms with E-state index in [2.05, 4.69) is 20.8 Å². The molecule has 1 aliphatic heterocycles. The van der Waals surface area contributed by atoms with Crippen LogP contribution in [0.15, 0.2) is 4.52 Å². The fourth-order valence-corrected chi connectivity index (χ4v) is 3.23. The predicted molar refractivity (Wildman–Crippen MR) is 74.6 cm³/mol. The second-order valence-electron chi connectivity index (χ2n) is 6.15. The maximum Gasteiger partial charge on any atom is 0.292 e. The molecule has 0 spiro atoms. The van der Waals surface area contributed by atoms with E-state index in [9.17, 15) is 9.90 Å². The van der Waals surface area contributed by atoms with Crippen LogP contribution in [-0.4, -0.2) is 40.9 Å². The lowest BCUT2D eigenvalue weighted by Crippen LogP contribution is -2.38. The van der Waals surface area contributed by atoms with Gasteiger partial charge in [0.25, 0.3) is 11.7 Å². The van der Waals surface area contributed by atoms with E-state index in [1.165, 1.54) is 0 Å². The smallest absolute Gasteiger partial charge is 0.292 e. The maximum absolute atomic E-state index is 12.1. The Kier molecular flexibility index (Phi) is 4.21. The van der Waals surface area contributed by atoms with Crippen molar-refractivity contribution in [3.8, 4) is 0 Å². The van der Waals surface area contributed by atoms with Crippen molar-refractivity contribution in [3.63, 3.8) is 0 Å². The van der Waals surface area contributed by atoms with Crippen molar-refractivity contribution in [2.45, 2.75) is 44.6 Å². The molecule has 1 unspecified atom stereocenters. The Bertz CT molecular complexity index is 490. The van der Waals surface area contributed by atoms with Gasteiger partial charge in [0.2, 0.25) is 5.89 Å². The number of nitrogens with zero attached hydrogens (tertiary/aromatic N) is 2. The Morgan fingerprint density at radius 2 is 2.24 bits per heavy atom. The highest BCUT2D eigenvalue weighted by atomic mass is 16.5. The van der Waals surface area contributed by atoms with E-state index in [0.717, 1.165) is 45.1 Å². The molecule has 2 aliphatic rings. The highest BCUT2D eigenvalue weighted by Gasteiger charge is 2.34. The van der Waals surface area contributed by atoms with Gasteiger partial charge in [0.1, 0.15) is 0 Å². The van der Waals surface area contributed by atoms with Gasteiger partial charge in [-0.25, -0.2) is 0 Å². The summed E-state index contributed by atoms with van der Waals surface area (Å²) in [7, 11) is 0. The summed E-state index contributed by atoms with van der Waals surface area (Å²) in [5, 5.41) is 19.4. The molecule has 1 aromatic heterocycles. The number of aliphatic hydroxyl groups is 1. The first-order valence-electron chi connectivity index (χ1n) is 7.68. The Hall–Kier alpha value is -1.47. The van der Waals surface area contributed by atoms with Crippen molar-refractivity contribution in [2.75, 3.05) is 19.7 Å². The van der Waals surface area contributed by atoms with Crippen LogP contribution in [0.25, 0.3) is 0 Å². The molecule has 1 atom stereocenters. The summed E-state index contributed by atoms with van der Waals surface area (Å²) in [5.74, 6) is 0.225. The molecular weight excluding hydrogens is 272 g/mol. The van der Waals surface area contributed by atoms with Crippen molar-refractivity contribution in [2.24, 2.45) is 5.41 Å². The fourth-order valence-electron chi connectivity index (χ4n) is 3.23. The molecule has 2 fully saturated rings. The quantitative estimate of drug-likeness (QED) is 0.742. The third-order valence-electron chi connectivity index (χ3n) is 4.63. The molecular formula is C14H22N4O3. The molecule has 0 bridgehead atoms. The van der Waals surface area contributed by atoms with Crippen LogP contribution in [0, 0.1) is 5.41 Å². The first-order valence-corrected chi connectivity index (χ1v) is 7.68. The number of carbonyl (C=O) groups is 1. The SMILES string of the molecule is O=C(NCC1(CO)CCCC1)c1noc(C2CCCN2)n1. The van der Waals surface area contributed by atoms with Gasteiger partial charge in [-0.1, -0.05) is 18.0 Å². The summed E-state index contributed by atoms with van der Waals surface area (Å²) in [6.45, 7) is 1.51. The van der Waals surface area contributed by atoms with Crippen LogP contribution in [0.4, 0.5) is 0 Å². The first kappa shape index (κ1) is 14.5. The molecule has 2 heterocycles. The average molecular weight is 294 g/mol. The van der Waals surface area contributed by atoms with Crippen LogP contribution in [0.1, 0.15) is 61.1 Å². The van der Waals surface area contributed by atoms with E-state index in [1.807, 2.05) is 0 Å². The second-order valence-corrected chi connectivity index (χ2v) is 6.15. The summed E-state index contributed by atoms with van der Waals surface area (Å²) in [6, 6.07) is 0.0673. The number of aliphatic hydroxyl groups excluding tert-OH is 1. The van der Waals surface area contributed by atoms with E-state index in [4.69, 9.17) is 4.52 Å². The lowest BCUT2D eigenvalue weighted by molar-refractivity contribution is 0.0868. The van der Waals surface area contributed by atoms with Gasteiger partial charge in [0.15, 0.2) is 0 Å². The van der Waals surface area contributed by atoms with Gasteiger partial charge in [-0.05, 0) is 32.2 Å². The fraction of sp³-hybridized carbons (Fsp3) is 0.786. The summed E-state index contributed by atoms with van der Waals surface area (Å²) in [6.07, 6.45) is 6.15. The van der Waals surface area contributed by atoms with Crippen LogP contribution < -0.4 is 10.6 Å². The van der Waals surface area contributed by atoms with Crippen molar-refractivity contribution in [1.82, 2.24) is 20.8 Å². The van der Waals surface area contributed by atoms with Gasteiger partial charge in [0.05, 0.1) is 12.6 Å². The predicted octanol–water partition coefficient (Wildman–Crippen LogP) is 0.777. The zero-order valence-electron chi connectivity index (χ0n) is 12.1. The summed E-state index contributed by atoms with van der Waals surface area (Å²) >= 11 is 0. The zero-order chi connectivity index (χ0) is 14.7. The van der Waals surface area contributed by atoms with E-state index in [0.29, 0.717) is 12.4 Å². The summed E-state index contributed by atoms with van der Waals surface area (Å²) in [4.78, 5) is 16.3. The van der Waals surface area contributed by atoms with Crippen LogP contribution in [0.5, 0.6) is 0 Å². The van der Waals surface area contributed by atoms with Crippen LogP contribution >= 0.6 is 0 Å². The lowest BCUT2D eigenvalue weighted by Gasteiger charge is -2.26. The van der Waals surface area contributed by atoms with Crippen LogP contribution in [-0.2, 0) is 0 Å². The number of carbonyl (C=O) groups excluding carboxylic acids is 1. The summed E-state index contributed by atoms with van der Waals surface area (Å²) < 4.78 is 5.16. The van der Waals surface area contributed by atoms with Gasteiger partial charge in [0, 0.05) is 12.0 Å². The van der Waals surface area contributed by atoms with Gasteiger partial charge >= 0.3 is 0 Å². The molecule has 7 nitrogen and oxygen atoms in total. The van der Waals surface area contributed by atoms with Gasteiger partial charge in [-0.3, -0.25) is 4.79 Å². The largest absolute Gasteiger partial charge is 0.396 e. The Balaban J connectivity index is 1.57. The van der Waals surface area contributed by atoms with Crippen LogP contribution in [0.3, 0.4) is 0 Å². The van der Waals surface area contributed by atoms with E-state index in [1.54, 1.807) is 0 Å². The van der Waals surface area contributed by atoms with Crippen LogP contribution in [0.2, 0.25) is 0 Å². The summed E-state index contributed by atoms with van der Waals surface area (Å²) in [5.41, 5.74) is -0.171. The first-order chi connectivity index (χ1) is 10.2. The number of amides is 1. The zero-order valence-corrected chi connectivity index (χ0v) is 12.1. The van der Waals surface area contributed by atoms with Gasteiger partial charge in [-0.15, -0.1) is 0 Å². The third kappa shape index (κ3) is 3.08. The van der Waals surface area contributed by atoms with Crippen molar-refractivity contribution in [3.05, 3.63) is 11.7 Å². The topological polar surface area (TPSA) is 100 Å². The minimum absolute atomic E-state index is 0.0673. The molecule has 3 rings (SSSR count). The normalized spacial score (nSPS) is 24.3. The molecule has 1 amide bonds. The molecule has 1 aliphatic carbocycles. The molecule has 1 aromatic rings. The highest BCUT2D eigenvalue weighted by Crippen LogP contribution is 2.36. The molecule has 21 heavy (non-hydrogen) atoms. The number of aromatic nitrogens is 2. The maximum atomic E-state index is 12.1. The average Bonchev–Trinajstić information content (AvgIpc) is 3.25. The second kappa shape index (κ2) is 6.11. The number of rotatable bonds is 5. The molecule has 0 radical (unpaired) electrons. The van der Waals surface area contributed by atoms with Gasteiger partial charge in [-0.2, -0.15) is 4.98 Å². The van der Waals surface area contributed by atoms with E-state index < -0.39 is 0 Å². The Morgan fingerprint density at radius 3 is 2.90 bits per heavy atom. The van der Waals surface area contributed by atoms with E-state index in [-0.39, 0.29) is 29.8 Å². The van der Waals surface area contributed by atoms with Gasteiger partial charge < -0.3 is 20.3 Å². The molecule has 3 N–H and O–H groups in total.